The second-order valence-electron chi connectivity index (χ2n) is 8.40. The molecule has 1 aromatic heterocycles. The van der Waals surface area contributed by atoms with Gasteiger partial charge >= 0.3 is 0 Å². The lowest BCUT2D eigenvalue weighted by Crippen LogP contribution is -2.66. The van der Waals surface area contributed by atoms with E-state index in [1.54, 1.807) is 14.2 Å². The molecular weight excluding hydrogens is 424 g/mol. The van der Waals surface area contributed by atoms with Gasteiger partial charge in [0.1, 0.15) is 24.1 Å². The summed E-state index contributed by atoms with van der Waals surface area (Å²) in [6.07, 6.45) is -0.106. The minimum atomic E-state index is -0.813. The molecule has 0 saturated carbocycles. The minimum absolute atomic E-state index is 0.324. The number of ether oxygens (including phenoxy) is 5. The van der Waals surface area contributed by atoms with Crippen LogP contribution < -0.4 is 10.1 Å². The first-order valence-corrected chi connectivity index (χ1v) is 11.2. The Balaban J connectivity index is 1.26. The van der Waals surface area contributed by atoms with Crippen molar-refractivity contribution >= 4 is 10.9 Å². The van der Waals surface area contributed by atoms with E-state index in [4.69, 9.17) is 23.7 Å². The summed E-state index contributed by atoms with van der Waals surface area (Å²) in [4.78, 5) is 3.30. The van der Waals surface area contributed by atoms with Gasteiger partial charge in [0.15, 0.2) is 12.6 Å². The quantitative estimate of drug-likeness (QED) is 0.505. The van der Waals surface area contributed by atoms with Crippen molar-refractivity contribution in [1.82, 2.24) is 10.3 Å². The predicted molar refractivity (Wildman–Crippen MR) is 122 cm³/mol. The summed E-state index contributed by atoms with van der Waals surface area (Å²) in [6, 6.07) is 15.3. The van der Waals surface area contributed by atoms with Gasteiger partial charge in [0.05, 0.1) is 19.8 Å². The molecule has 176 valence electrons. The van der Waals surface area contributed by atoms with Gasteiger partial charge in [0, 0.05) is 29.8 Å². The maximum Gasteiger partial charge on any atom is 0.184 e. The second kappa shape index (κ2) is 9.80. The molecule has 6 atom stereocenters. The van der Waals surface area contributed by atoms with Gasteiger partial charge in [0.2, 0.25) is 0 Å². The molecule has 33 heavy (non-hydrogen) atoms. The Hall–Kier alpha value is -2.46. The molecule has 2 saturated heterocycles. The van der Waals surface area contributed by atoms with Crippen LogP contribution in [0.2, 0.25) is 0 Å². The molecular formula is C25H30N2O6. The van der Waals surface area contributed by atoms with Crippen LogP contribution in [0, 0.1) is 0 Å². The van der Waals surface area contributed by atoms with Crippen molar-refractivity contribution in [3.8, 4) is 5.75 Å². The third-order valence-corrected chi connectivity index (χ3v) is 6.42. The largest absolute Gasteiger partial charge is 0.497 e. The number of aliphatic hydroxyl groups excluding tert-OH is 1. The highest BCUT2D eigenvalue weighted by Gasteiger charge is 2.49. The number of rotatable bonds is 7. The van der Waals surface area contributed by atoms with E-state index in [-0.39, 0.29) is 0 Å². The lowest BCUT2D eigenvalue weighted by molar-refractivity contribution is -0.341. The highest BCUT2D eigenvalue weighted by molar-refractivity contribution is 5.84. The lowest BCUT2D eigenvalue weighted by Gasteiger charge is -2.47. The number of H-pyrrole nitrogens is 1. The number of benzene rings is 2. The molecule has 1 unspecified atom stereocenters. The summed E-state index contributed by atoms with van der Waals surface area (Å²) < 4.78 is 29.0. The molecule has 0 spiro atoms. The summed E-state index contributed by atoms with van der Waals surface area (Å²) >= 11 is 0. The summed E-state index contributed by atoms with van der Waals surface area (Å²) in [5.41, 5.74) is 3.14. The summed E-state index contributed by atoms with van der Waals surface area (Å²) in [5, 5.41) is 15.8. The monoisotopic (exact) mass is 454 g/mol. The van der Waals surface area contributed by atoms with Crippen molar-refractivity contribution in [2.45, 2.75) is 43.4 Å². The van der Waals surface area contributed by atoms with Crippen LogP contribution in [0.5, 0.6) is 5.75 Å². The zero-order valence-electron chi connectivity index (χ0n) is 18.8. The second-order valence-corrected chi connectivity index (χ2v) is 8.40. The van der Waals surface area contributed by atoms with E-state index < -0.39 is 36.9 Å². The average Bonchev–Trinajstić information content (AvgIpc) is 3.27. The summed E-state index contributed by atoms with van der Waals surface area (Å²) in [5.74, 6) is 0.822. The van der Waals surface area contributed by atoms with E-state index in [1.807, 2.05) is 54.7 Å². The number of methoxy groups -OCH3 is 2. The number of aliphatic hydroxyl groups is 1. The molecule has 2 aliphatic rings. The first kappa shape index (κ1) is 22.3. The van der Waals surface area contributed by atoms with Crippen molar-refractivity contribution < 1.29 is 28.8 Å². The number of aromatic amines is 1. The maximum absolute atomic E-state index is 11.2. The Kier molecular flexibility index (Phi) is 6.64. The summed E-state index contributed by atoms with van der Waals surface area (Å²) in [7, 11) is 3.24. The van der Waals surface area contributed by atoms with Gasteiger partial charge in [-0.25, -0.2) is 0 Å². The van der Waals surface area contributed by atoms with Crippen LogP contribution in [0.1, 0.15) is 17.4 Å². The number of hydrogen-bond donors (Lipinski definition) is 3. The standard InChI is InChI=1S/C25H30N2O6/c1-29-17-8-9-19-18(12-17)16(13-27-19)10-11-26-21-22(28)23-20(32-25(21)30-2)14-31-24(33-23)15-6-4-3-5-7-15/h3-9,12-13,20-28H,10-11,14H2,1-2H3/t20-,21+,22+,23-,24?,25+/m1/s1. The van der Waals surface area contributed by atoms with Crippen LogP contribution in [0.4, 0.5) is 0 Å². The van der Waals surface area contributed by atoms with E-state index in [1.165, 1.54) is 5.56 Å². The maximum atomic E-state index is 11.2. The van der Waals surface area contributed by atoms with Crippen molar-refractivity contribution in [2.75, 3.05) is 27.4 Å². The Bertz CT molecular complexity index is 1060. The fourth-order valence-corrected chi connectivity index (χ4v) is 4.66. The van der Waals surface area contributed by atoms with Gasteiger partial charge in [-0.15, -0.1) is 0 Å². The number of hydrogen-bond acceptors (Lipinski definition) is 7. The van der Waals surface area contributed by atoms with E-state index in [2.05, 4.69) is 10.3 Å². The first-order chi connectivity index (χ1) is 16.2. The third kappa shape index (κ3) is 4.50. The van der Waals surface area contributed by atoms with E-state index in [9.17, 15) is 5.11 Å². The first-order valence-electron chi connectivity index (χ1n) is 11.2. The molecule has 3 N–H and O–H groups in total. The van der Waals surface area contributed by atoms with Gasteiger partial charge in [-0.2, -0.15) is 0 Å². The Morgan fingerprint density at radius 3 is 2.76 bits per heavy atom. The fourth-order valence-electron chi connectivity index (χ4n) is 4.66. The molecule has 0 amide bonds. The molecule has 3 heterocycles. The van der Waals surface area contributed by atoms with Gasteiger partial charge in [-0.1, -0.05) is 30.3 Å². The van der Waals surface area contributed by atoms with Crippen LogP contribution in [0.25, 0.3) is 10.9 Å². The lowest BCUT2D eigenvalue weighted by atomic mass is 9.95. The van der Waals surface area contributed by atoms with Crippen molar-refractivity contribution in [2.24, 2.45) is 0 Å². The zero-order chi connectivity index (χ0) is 22.8. The molecule has 0 radical (unpaired) electrons. The molecule has 5 rings (SSSR count). The van der Waals surface area contributed by atoms with Gasteiger partial charge in [-0.3, -0.25) is 0 Å². The van der Waals surface area contributed by atoms with E-state index in [0.717, 1.165) is 28.6 Å². The van der Waals surface area contributed by atoms with E-state index in [0.29, 0.717) is 13.2 Å². The van der Waals surface area contributed by atoms with Crippen LogP contribution in [0.3, 0.4) is 0 Å². The molecule has 3 aromatic rings. The van der Waals surface area contributed by atoms with Gasteiger partial charge in [-0.05, 0) is 36.7 Å². The molecule has 8 heteroatoms. The number of fused-ring (bicyclic) bond motifs is 2. The van der Waals surface area contributed by atoms with Gasteiger partial charge < -0.3 is 39.1 Å². The average molecular weight is 455 g/mol. The molecule has 8 nitrogen and oxygen atoms in total. The fraction of sp³-hybridized carbons (Fsp3) is 0.440. The topological polar surface area (TPSA) is 94.2 Å². The number of nitrogens with one attached hydrogen (secondary N) is 2. The van der Waals surface area contributed by atoms with Crippen molar-refractivity contribution in [1.29, 1.82) is 0 Å². The smallest absolute Gasteiger partial charge is 0.184 e. The normalized spacial score (nSPS) is 29.7. The predicted octanol–water partition coefficient (Wildman–Crippen LogP) is 2.52. The molecule has 0 aliphatic carbocycles. The molecule has 2 aliphatic heterocycles. The number of aromatic nitrogens is 1. The van der Waals surface area contributed by atoms with Crippen molar-refractivity contribution in [3.05, 3.63) is 65.9 Å². The Morgan fingerprint density at radius 2 is 1.97 bits per heavy atom. The van der Waals surface area contributed by atoms with Crippen molar-refractivity contribution in [3.63, 3.8) is 0 Å². The van der Waals surface area contributed by atoms with Crippen LogP contribution in [-0.4, -0.2) is 68.1 Å². The van der Waals surface area contributed by atoms with E-state index >= 15 is 0 Å². The summed E-state index contributed by atoms with van der Waals surface area (Å²) in [6.45, 7) is 0.955. The highest BCUT2D eigenvalue weighted by atomic mass is 16.7. The van der Waals surface area contributed by atoms with Gasteiger partial charge in [0.25, 0.3) is 0 Å². The SMILES string of the molecule is COc1ccc2[nH]cc(CCN[C@@H]3[C@@H](OC)O[C@@H]4COC(c5ccccc5)O[C@H]4[C@H]3O)c2c1. The van der Waals surface area contributed by atoms with Crippen LogP contribution in [0.15, 0.2) is 54.7 Å². The van der Waals surface area contributed by atoms with Crippen LogP contribution >= 0.6 is 0 Å². The zero-order valence-corrected chi connectivity index (χ0v) is 18.8. The Morgan fingerprint density at radius 1 is 1.12 bits per heavy atom. The van der Waals surface area contributed by atoms with Crippen LogP contribution in [-0.2, 0) is 25.4 Å². The molecule has 2 aromatic carbocycles. The molecule has 2 fully saturated rings. The highest BCUT2D eigenvalue weighted by Crippen LogP contribution is 2.34. The molecule has 0 bridgehead atoms. The minimum Gasteiger partial charge on any atom is -0.497 e. The third-order valence-electron chi connectivity index (χ3n) is 6.42. The Labute approximate surface area is 192 Å².